The average Bonchev–Trinajstić information content (AvgIpc) is 3.23. The molecule has 0 spiro atoms. The van der Waals surface area contributed by atoms with Gasteiger partial charge in [-0.15, -0.1) is 0 Å². The van der Waals surface area contributed by atoms with Crippen molar-refractivity contribution in [3.05, 3.63) is 75.3 Å². The van der Waals surface area contributed by atoms with E-state index in [0.29, 0.717) is 16.6 Å². The number of amides is 1. The van der Waals surface area contributed by atoms with Crippen molar-refractivity contribution in [1.82, 2.24) is 24.6 Å². The van der Waals surface area contributed by atoms with Gasteiger partial charge in [-0.05, 0) is 44.2 Å². The fraction of sp³-hybridized carbons (Fsp3) is 0.227. The molecule has 6 nitrogen and oxygen atoms in total. The van der Waals surface area contributed by atoms with Crippen LogP contribution in [0.5, 0.6) is 0 Å². The lowest BCUT2D eigenvalue weighted by molar-refractivity contribution is -0.129. The number of carbonyl (C=O) groups is 1. The van der Waals surface area contributed by atoms with Crippen LogP contribution >= 0.6 is 23.2 Å². The first-order valence-corrected chi connectivity index (χ1v) is 10.3. The Hall–Kier alpha value is -2.83. The summed E-state index contributed by atoms with van der Waals surface area (Å²) in [6, 6.07) is 13.1. The Bertz CT molecular complexity index is 1210. The molecular weight excluding hydrogens is 421 g/mol. The Kier molecular flexibility index (Phi) is 5.54. The molecule has 154 valence electrons. The van der Waals surface area contributed by atoms with Gasteiger partial charge in [-0.25, -0.2) is 9.67 Å². The molecule has 0 bridgehead atoms. The third-order valence-corrected chi connectivity index (χ3v) is 5.70. The van der Waals surface area contributed by atoms with E-state index in [4.69, 9.17) is 23.2 Å². The Morgan fingerprint density at radius 3 is 2.67 bits per heavy atom. The molecule has 0 atom stereocenters. The van der Waals surface area contributed by atoms with Gasteiger partial charge in [0.2, 0.25) is 5.91 Å². The first-order chi connectivity index (χ1) is 14.3. The molecule has 1 amide bonds. The summed E-state index contributed by atoms with van der Waals surface area (Å²) in [7, 11) is 1.78. The predicted octanol–water partition coefficient (Wildman–Crippen LogP) is 4.87. The van der Waals surface area contributed by atoms with Gasteiger partial charge >= 0.3 is 0 Å². The number of aromatic nitrogens is 4. The van der Waals surface area contributed by atoms with E-state index in [1.54, 1.807) is 28.8 Å². The Labute approximate surface area is 184 Å². The van der Waals surface area contributed by atoms with Crippen LogP contribution in [0.3, 0.4) is 0 Å². The number of fused-ring (bicyclic) bond motifs is 1. The normalized spacial score (nSPS) is 11.2. The highest BCUT2D eigenvalue weighted by atomic mass is 35.5. The highest BCUT2D eigenvalue weighted by molar-refractivity contribution is 6.35. The minimum atomic E-state index is -0.0107. The summed E-state index contributed by atoms with van der Waals surface area (Å²) in [6.07, 6.45) is 0.250. The van der Waals surface area contributed by atoms with Gasteiger partial charge in [0.1, 0.15) is 5.82 Å². The van der Waals surface area contributed by atoms with Crippen molar-refractivity contribution in [2.45, 2.75) is 26.8 Å². The fourth-order valence-electron chi connectivity index (χ4n) is 3.50. The molecule has 0 aliphatic rings. The lowest BCUT2D eigenvalue weighted by atomic mass is 10.1. The molecule has 0 saturated carbocycles. The van der Waals surface area contributed by atoms with Crippen molar-refractivity contribution in [2.75, 3.05) is 7.05 Å². The molecule has 1 N–H and O–H groups in total. The number of halogens is 2. The molecule has 8 heteroatoms. The predicted molar refractivity (Wildman–Crippen MR) is 119 cm³/mol. The minimum absolute atomic E-state index is 0.0107. The van der Waals surface area contributed by atoms with E-state index in [0.717, 1.165) is 39.5 Å². The van der Waals surface area contributed by atoms with Crippen LogP contribution in [0.2, 0.25) is 10.0 Å². The molecule has 0 radical (unpaired) electrons. The van der Waals surface area contributed by atoms with Crippen LogP contribution in [0, 0.1) is 13.8 Å². The molecule has 2 aromatic heterocycles. The topological polar surface area (TPSA) is 66.8 Å². The van der Waals surface area contributed by atoms with Gasteiger partial charge in [-0.3, -0.25) is 4.79 Å². The minimum Gasteiger partial charge on any atom is -0.340 e. The zero-order valence-corrected chi connectivity index (χ0v) is 18.4. The average molecular weight is 442 g/mol. The van der Waals surface area contributed by atoms with Gasteiger partial charge in [-0.1, -0.05) is 35.3 Å². The third kappa shape index (κ3) is 3.93. The van der Waals surface area contributed by atoms with Crippen LogP contribution in [0.1, 0.15) is 22.8 Å². The maximum atomic E-state index is 12.9. The number of nitrogens with zero attached hydrogens (tertiary/aromatic N) is 4. The Morgan fingerprint density at radius 1 is 1.17 bits per heavy atom. The summed E-state index contributed by atoms with van der Waals surface area (Å²) >= 11 is 12.4. The van der Waals surface area contributed by atoms with Gasteiger partial charge in [0, 0.05) is 23.3 Å². The van der Waals surface area contributed by atoms with Crippen LogP contribution < -0.4 is 0 Å². The molecule has 0 fully saturated rings. The highest BCUT2D eigenvalue weighted by Crippen LogP contribution is 2.27. The molecule has 2 aromatic carbocycles. The SMILES string of the molecule is Cc1nn(-c2ccc(Cl)cc2Cl)c(C)c1CC(=O)N(C)Cc1nc2ccccc2[nH]1. The number of benzene rings is 2. The summed E-state index contributed by atoms with van der Waals surface area (Å²) in [5, 5.41) is 5.67. The molecule has 0 aliphatic heterocycles. The fourth-order valence-corrected chi connectivity index (χ4v) is 3.99. The summed E-state index contributed by atoms with van der Waals surface area (Å²) in [4.78, 5) is 22.4. The van der Waals surface area contributed by atoms with Crippen molar-refractivity contribution in [3.63, 3.8) is 0 Å². The second kappa shape index (κ2) is 8.13. The van der Waals surface area contributed by atoms with Crippen molar-refractivity contribution in [3.8, 4) is 5.69 Å². The molecule has 4 aromatic rings. The summed E-state index contributed by atoms with van der Waals surface area (Å²) in [6.45, 7) is 4.24. The molecule has 30 heavy (non-hydrogen) atoms. The van der Waals surface area contributed by atoms with Crippen LogP contribution in [-0.2, 0) is 17.8 Å². The van der Waals surface area contributed by atoms with Gasteiger partial charge in [0.05, 0.1) is 40.4 Å². The number of likely N-dealkylation sites (N-methyl/N-ethyl adjacent to an activating group) is 1. The smallest absolute Gasteiger partial charge is 0.227 e. The second-order valence-corrected chi connectivity index (χ2v) is 8.13. The zero-order chi connectivity index (χ0) is 21.4. The number of carbonyl (C=O) groups excluding carboxylic acids is 1. The largest absolute Gasteiger partial charge is 0.340 e. The van der Waals surface area contributed by atoms with Gasteiger partial charge in [0.15, 0.2) is 0 Å². The molecule has 0 saturated heterocycles. The van der Waals surface area contributed by atoms with Gasteiger partial charge < -0.3 is 9.88 Å². The molecule has 4 rings (SSSR count). The maximum Gasteiger partial charge on any atom is 0.227 e. The number of rotatable bonds is 5. The third-order valence-electron chi connectivity index (χ3n) is 5.16. The number of hydrogen-bond donors (Lipinski definition) is 1. The van der Waals surface area contributed by atoms with Gasteiger partial charge in [-0.2, -0.15) is 5.10 Å². The number of aromatic amines is 1. The van der Waals surface area contributed by atoms with Gasteiger partial charge in [0.25, 0.3) is 0 Å². The lowest BCUT2D eigenvalue weighted by Gasteiger charge is -2.16. The maximum absolute atomic E-state index is 12.9. The lowest BCUT2D eigenvalue weighted by Crippen LogP contribution is -2.28. The monoisotopic (exact) mass is 441 g/mol. The van der Waals surface area contributed by atoms with E-state index in [9.17, 15) is 4.79 Å². The molecule has 2 heterocycles. The van der Waals surface area contributed by atoms with Crippen LogP contribution in [0.15, 0.2) is 42.5 Å². The number of para-hydroxylation sites is 2. The number of imidazole rings is 1. The number of aryl methyl sites for hydroxylation is 1. The van der Waals surface area contributed by atoms with E-state index in [2.05, 4.69) is 15.1 Å². The first-order valence-electron chi connectivity index (χ1n) is 9.51. The quantitative estimate of drug-likeness (QED) is 0.480. The highest BCUT2D eigenvalue weighted by Gasteiger charge is 2.20. The summed E-state index contributed by atoms with van der Waals surface area (Å²) < 4.78 is 1.76. The van der Waals surface area contributed by atoms with E-state index < -0.39 is 0 Å². The van der Waals surface area contributed by atoms with Crippen molar-refractivity contribution >= 4 is 40.1 Å². The number of H-pyrrole nitrogens is 1. The first kappa shape index (κ1) is 20.4. The molecule has 0 unspecified atom stereocenters. The standard InChI is InChI=1S/C22H21Cl2N5O/c1-13-16(14(2)29(27-13)20-9-8-15(23)10-17(20)24)11-22(30)28(3)12-21-25-18-6-4-5-7-19(18)26-21/h4-10H,11-12H2,1-3H3,(H,25,26). The number of hydrogen-bond acceptors (Lipinski definition) is 3. The Morgan fingerprint density at radius 2 is 1.93 bits per heavy atom. The van der Waals surface area contributed by atoms with E-state index in [1.165, 1.54) is 0 Å². The Balaban J connectivity index is 1.53. The van der Waals surface area contributed by atoms with E-state index >= 15 is 0 Å². The van der Waals surface area contributed by atoms with Crippen LogP contribution in [-0.4, -0.2) is 37.6 Å². The summed E-state index contributed by atoms with van der Waals surface area (Å²) in [5.74, 6) is 0.743. The van der Waals surface area contributed by atoms with Crippen molar-refractivity contribution in [2.24, 2.45) is 0 Å². The van der Waals surface area contributed by atoms with Crippen molar-refractivity contribution < 1.29 is 4.79 Å². The molecular formula is C22H21Cl2N5O. The molecule has 0 aliphatic carbocycles. The van der Waals surface area contributed by atoms with E-state index in [-0.39, 0.29) is 12.3 Å². The summed E-state index contributed by atoms with van der Waals surface area (Å²) in [5.41, 5.74) is 5.15. The number of nitrogens with one attached hydrogen (secondary N) is 1. The zero-order valence-electron chi connectivity index (χ0n) is 16.9. The van der Waals surface area contributed by atoms with E-state index in [1.807, 2.05) is 44.2 Å². The van der Waals surface area contributed by atoms with Crippen LogP contribution in [0.25, 0.3) is 16.7 Å². The second-order valence-electron chi connectivity index (χ2n) is 7.28. The van der Waals surface area contributed by atoms with Crippen LogP contribution in [0.4, 0.5) is 0 Å². The van der Waals surface area contributed by atoms with Crippen molar-refractivity contribution in [1.29, 1.82) is 0 Å².